The Balaban J connectivity index is 1.36. The second-order valence-corrected chi connectivity index (χ2v) is 8.94. The molecular weight excluding hydrogens is 436 g/mol. The third-order valence-electron chi connectivity index (χ3n) is 5.54. The molecule has 4 rings (SSSR count). The highest BCUT2D eigenvalue weighted by Crippen LogP contribution is 2.21. The Labute approximate surface area is 197 Å². The lowest BCUT2D eigenvalue weighted by atomic mass is 10.1. The van der Waals surface area contributed by atoms with E-state index < -0.39 is 0 Å². The van der Waals surface area contributed by atoms with Gasteiger partial charge in [-0.15, -0.1) is 0 Å². The van der Waals surface area contributed by atoms with Crippen LogP contribution in [0.4, 0.5) is 0 Å². The summed E-state index contributed by atoms with van der Waals surface area (Å²) in [7, 11) is 0. The molecule has 1 atom stereocenters. The number of amides is 1. The normalized spacial score (nSPS) is 12.1. The fraction of sp³-hybridized carbons (Fsp3) is 0.320. The molecule has 2 aromatic carbocycles. The Morgan fingerprint density at radius 1 is 1.18 bits per heavy atom. The number of hydrogen-bond donors (Lipinski definition) is 2. The van der Waals surface area contributed by atoms with Crippen molar-refractivity contribution in [3.05, 3.63) is 76.9 Å². The summed E-state index contributed by atoms with van der Waals surface area (Å²) < 4.78 is 11.0. The topological polar surface area (TPSA) is 93.0 Å². The average Bonchev–Trinajstić information content (AvgIpc) is 3.39. The van der Waals surface area contributed by atoms with Crippen molar-refractivity contribution in [1.82, 2.24) is 20.4 Å². The number of aromatic nitrogens is 3. The van der Waals surface area contributed by atoms with E-state index in [1.807, 2.05) is 62.4 Å². The monoisotopic (exact) mass is 464 g/mol. The molecule has 7 nitrogen and oxygen atoms in total. The van der Waals surface area contributed by atoms with Gasteiger partial charge in [-0.05, 0) is 62.1 Å². The number of H-pyrrole nitrogens is 1. The SMILES string of the molecule is CSCCC(NC(=O)Cc1ccc(OCc2c(C)noc2C)cc1)c1nc2ccccc2[nH]1. The average molecular weight is 465 g/mol. The Bertz CT molecular complexity index is 1160. The van der Waals surface area contributed by atoms with Crippen LogP contribution < -0.4 is 10.1 Å². The van der Waals surface area contributed by atoms with Crippen LogP contribution in [0.2, 0.25) is 0 Å². The molecule has 1 amide bonds. The highest BCUT2D eigenvalue weighted by molar-refractivity contribution is 7.98. The van der Waals surface area contributed by atoms with Crippen molar-refractivity contribution in [2.75, 3.05) is 12.0 Å². The molecule has 33 heavy (non-hydrogen) atoms. The summed E-state index contributed by atoms with van der Waals surface area (Å²) >= 11 is 1.75. The number of fused-ring (bicyclic) bond motifs is 1. The molecule has 0 aliphatic carbocycles. The van der Waals surface area contributed by atoms with Crippen molar-refractivity contribution >= 4 is 28.7 Å². The second-order valence-electron chi connectivity index (χ2n) is 7.95. The molecule has 0 aliphatic heterocycles. The smallest absolute Gasteiger partial charge is 0.225 e. The molecule has 172 valence electrons. The van der Waals surface area contributed by atoms with E-state index in [1.54, 1.807) is 11.8 Å². The van der Waals surface area contributed by atoms with Gasteiger partial charge in [0.1, 0.15) is 23.9 Å². The van der Waals surface area contributed by atoms with Gasteiger partial charge in [-0.3, -0.25) is 4.79 Å². The largest absolute Gasteiger partial charge is 0.489 e. The minimum Gasteiger partial charge on any atom is -0.489 e. The van der Waals surface area contributed by atoms with Crippen molar-refractivity contribution in [2.24, 2.45) is 0 Å². The summed E-state index contributed by atoms with van der Waals surface area (Å²) in [5.74, 6) is 3.19. The van der Waals surface area contributed by atoms with Crippen LogP contribution in [0.1, 0.15) is 40.9 Å². The number of imidazole rings is 1. The van der Waals surface area contributed by atoms with Crippen LogP contribution in [0, 0.1) is 13.8 Å². The number of hydrogen-bond acceptors (Lipinski definition) is 6. The Hall–Kier alpha value is -3.26. The fourth-order valence-electron chi connectivity index (χ4n) is 3.65. The highest BCUT2D eigenvalue weighted by Gasteiger charge is 2.18. The van der Waals surface area contributed by atoms with E-state index in [-0.39, 0.29) is 11.9 Å². The van der Waals surface area contributed by atoms with E-state index in [0.717, 1.165) is 57.4 Å². The Morgan fingerprint density at radius 3 is 2.67 bits per heavy atom. The van der Waals surface area contributed by atoms with E-state index in [4.69, 9.17) is 9.26 Å². The molecule has 0 aliphatic rings. The standard InChI is InChI=1S/C25H28N4O3S/c1-16-20(17(2)32-29-16)15-31-19-10-8-18(9-11-19)14-24(30)26-23(12-13-33-3)25-27-21-6-4-5-7-22(21)28-25/h4-11,23H,12-15H2,1-3H3,(H,26,30)(H,27,28). The van der Waals surface area contributed by atoms with E-state index >= 15 is 0 Å². The lowest BCUT2D eigenvalue weighted by Gasteiger charge is -2.16. The fourth-order valence-corrected chi connectivity index (χ4v) is 4.12. The third kappa shape index (κ3) is 5.76. The number of thioether (sulfide) groups is 1. The zero-order valence-electron chi connectivity index (χ0n) is 19.1. The van der Waals surface area contributed by atoms with Gasteiger partial charge in [-0.1, -0.05) is 29.4 Å². The summed E-state index contributed by atoms with van der Waals surface area (Å²) in [5, 5.41) is 7.10. The first-order valence-corrected chi connectivity index (χ1v) is 12.3. The molecule has 2 aromatic heterocycles. The maximum absolute atomic E-state index is 12.8. The van der Waals surface area contributed by atoms with E-state index in [2.05, 4.69) is 26.7 Å². The van der Waals surface area contributed by atoms with E-state index in [1.165, 1.54) is 0 Å². The van der Waals surface area contributed by atoms with Crippen LogP contribution in [0.3, 0.4) is 0 Å². The van der Waals surface area contributed by atoms with Gasteiger partial charge in [0.2, 0.25) is 5.91 Å². The van der Waals surface area contributed by atoms with Crippen molar-refractivity contribution in [1.29, 1.82) is 0 Å². The number of para-hydroxylation sites is 2. The number of ether oxygens (including phenoxy) is 1. The van der Waals surface area contributed by atoms with Crippen LogP contribution in [0.25, 0.3) is 11.0 Å². The summed E-state index contributed by atoms with van der Waals surface area (Å²) in [4.78, 5) is 20.8. The first kappa shape index (κ1) is 22.9. The predicted molar refractivity (Wildman–Crippen MR) is 130 cm³/mol. The summed E-state index contributed by atoms with van der Waals surface area (Å²) in [5.41, 5.74) is 4.60. The zero-order valence-corrected chi connectivity index (χ0v) is 19.9. The van der Waals surface area contributed by atoms with Crippen molar-refractivity contribution in [3.63, 3.8) is 0 Å². The van der Waals surface area contributed by atoms with Gasteiger partial charge in [0.15, 0.2) is 0 Å². The third-order valence-corrected chi connectivity index (χ3v) is 6.18. The minimum atomic E-state index is -0.157. The van der Waals surface area contributed by atoms with E-state index in [9.17, 15) is 4.79 Å². The number of aryl methyl sites for hydroxylation is 2. The number of aromatic amines is 1. The molecule has 0 spiro atoms. The Kier molecular flexibility index (Phi) is 7.34. The van der Waals surface area contributed by atoms with Crippen molar-refractivity contribution < 1.29 is 14.1 Å². The van der Waals surface area contributed by atoms with E-state index in [0.29, 0.717) is 13.0 Å². The highest BCUT2D eigenvalue weighted by atomic mass is 32.2. The molecule has 2 heterocycles. The maximum Gasteiger partial charge on any atom is 0.225 e. The quantitative estimate of drug-likeness (QED) is 0.347. The molecule has 4 aromatic rings. The van der Waals surface area contributed by atoms with Crippen LogP contribution in [-0.4, -0.2) is 33.0 Å². The molecule has 0 saturated heterocycles. The molecule has 1 unspecified atom stereocenters. The molecular formula is C25H28N4O3S. The molecule has 0 saturated carbocycles. The first-order chi connectivity index (χ1) is 16.0. The summed E-state index contributed by atoms with van der Waals surface area (Å²) in [6.45, 7) is 4.17. The predicted octanol–water partition coefficient (Wildman–Crippen LogP) is 4.90. The Morgan fingerprint density at radius 2 is 1.97 bits per heavy atom. The summed E-state index contributed by atoms with van der Waals surface area (Å²) in [6.07, 6.45) is 3.16. The summed E-state index contributed by atoms with van der Waals surface area (Å²) in [6, 6.07) is 15.3. The number of benzene rings is 2. The van der Waals surface area contributed by atoms with Crippen LogP contribution in [-0.2, 0) is 17.8 Å². The van der Waals surface area contributed by atoms with Crippen LogP contribution >= 0.6 is 11.8 Å². The lowest BCUT2D eigenvalue weighted by Crippen LogP contribution is -2.31. The second kappa shape index (κ2) is 10.6. The number of carbonyl (C=O) groups excluding carboxylic acids is 1. The van der Waals surface area contributed by atoms with Gasteiger partial charge < -0.3 is 19.6 Å². The number of carbonyl (C=O) groups is 1. The van der Waals surface area contributed by atoms with Gasteiger partial charge in [0, 0.05) is 0 Å². The van der Waals surface area contributed by atoms with Crippen LogP contribution in [0.15, 0.2) is 53.1 Å². The van der Waals surface area contributed by atoms with Crippen molar-refractivity contribution in [3.8, 4) is 5.75 Å². The van der Waals surface area contributed by atoms with Crippen LogP contribution in [0.5, 0.6) is 5.75 Å². The number of rotatable bonds is 10. The molecule has 8 heteroatoms. The van der Waals surface area contributed by atoms with Crippen molar-refractivity contribution in [2.45, 2.75) is 39.3 Å². The van der Waals surface area contributed by atoms with Gasteiger partial charge in [0.05, 0.1) is 34.8 Å². The lowest BCUT2D eigenvalue weighted by molar-refractivity contribution is -0.121. The molecule has 0 fully saturated rings. The number of nitrogens with zero attached hydrogens (tertiary/aromatic N) is 2. The minimum absolute atomic E-state index is 0.0362. The van der Waals surface area contributed by atoms with Gasteiger partial charge in [0.25, 0.3) is 0 Å². The maximum atomic E-state index is 12.8. The first-order valence-electron chi connectivity index (χ1n) is 10.9. The number of nitrogens with one attached hydrogen (secondary N) is 2. The zero-order chi connectivity index (χ0) is 23.2. The molecule has 0 bridgehead atoms. The van der Waals surface area contributed by atoms with Gasteiger partial charge >= 0.3 is 0 Å². The molecule has 0 radical (unpaired) electrons. The molecule has 2 N–H and O–H groups in total. The van der Waals surface area contributed by atoms with Gasteiger partial charge in [-0.25, -0.2) is 4.98 Å². The van der Waals surface area contributed by atoms with Gasteiger partial charge in [-0.2, -0.15) is 11.8 Å².